The Labute approximate surface area is 150 Å². The van der Waals surface area contributed by atoms with Gasteiger partial charge in [0.2, 0.25) is 0 Å². The molecule has 1 saturated carbocycles. The van der Waals surface area contributed by atoms with Crippen molar-refractivity contribution < 1.29 is 24.8 Å². The molecule has 142 valence electrons. The molecule has 5 heteroatoms. The van der Waals surface area contributed by atoms with Crippen LogP contribution in [0.1, 0.15) is 64.7 Å². The molecule has 0 aromatic rings. The maximum Gasteiger partial charge on any atom is 0.303 e. The smallest absolute Gasteiger partial charge is 0.303 e. The third-order valence-electron chi connectivity index (χ3n) is 5.16. The minimum absolute atomic E-state index is 0.0921. The van der Waals surface area contributed by atoms with Gasteiger partial charge < -0.3 is 10.2 Å². The van der Waals surface area contributed by atoms with Gasteiger partial charge in [-0.3, -0.25) is 4.79 Å². The molecule has 0 aromatic heterocycles. The van der Waals surface area contributed by atoms with E-state index in [0.717, 1.165) is 44.9 Å². The number of aliphatic carboxylic acids is 1. The van der Waals surface area contributed by atoms with E-state index in [1.54, 1.807) is 0 Å². The molecule has 1 heterocycles. The van der Waals surface area contributed by atoms with E-state index in [0.29, 0.717) is 12.3 Å². The molecule has 0 aromatic carbocycles. The molecule has 1 unspecified atom stereocenters. The Hall–Kier alpha value is -1.17. The van der Waals surface area contributed by atoms with Gasteiger partial charge in [-0.2, -0.15) is 0 Å². The Morgan fingerprint density at radius 1 is 1.20 bits per heavy atom. The average Bonchev–Trinajstić information content (AvgIpc) is 3.17. The minimum Gasteiger partial charge on any atom is -0.481 e. The highest BCUT2D eigenvalue weighted by Gasteiger charge is 2.49. The van der Waals surface area contributed by atoms with Crippen LogP contribution in [0.3, 0.4) is 0 Å². The number of aliphatic hydroxyl groups excluding tert-OH is 1. The zero-order valence-corrected chi connectivity index (χ0v) is 15.2. The molecule has 2 bridgehead atoms. The topological polar surface area (TPSA) is 76.0 Å². The van der Waals surface area contributed by atoms with Crippen molar-refractivity contribution >= 4 is 5.97 Å². The second-order valence-corrected chi connectivity index (χ2v) is 7.19. The monoisotopic (exact) mass is 352 g/mol. The summed E-state index contributed by atoms with van der Waals surface area (Å²) in [7, 11) is 0. The molecule has 0 spiro atoms. The normalized spacial score (nSPS) is 29.8. The maximum atomic E-state index is 10.5. The number of rotatable bonds is 12. The van der Waals surface area contributed by atoms with Crippen LogP contribution in [-0.4, -0.2) is 34.5 Å². The van der Waals surface area contributed by atoms with E-state index in [9.17, 15) is 9.90 Å². The number of allylic oxidation sites excluding steroid dienone is 2. The highest BCUT2D eigenvalue weighted by atomic mass is 17.2. The van der Waals surface area contributed by atoms with Crippen molar-refractivity contribution in [1.29, 1.82) is 0 Å². The van der Waals surface area contributed by atoms with Gasteiger partial charge in [-0.25, -0.2) is 9.78 Å². The number of carbonyl (C=O) groups is 1. The molecule has 1 aliphatic heterocycles. The van der Waals surface area contributed by atoms with Gasteiger partial charge in [-0.15, -0.1) is 0 Å². The van der Waals surface area contributed by atoms with Crippen LogP contribution >= 0.6 is 0 Å². The van der Waals surface area contributed by atoms with Gasteiger partial charge in [0.15, 0.2) is 0 Å². The van der Waals surface area contributed by atoms with Gasteiger partial charge in [-0.05, 0) is 25.7 Å². The molecule has 1 aliphatic carbocycles. The van der Waals surface area contributed by atoms with E-state index in [1.165, 1.54) is 0 Å². The lowest BCUT2D eigenvalue weighted by Gasteiger charge is -2.27. The fourth-order valence-electron chi connectivity index (χ4n) is 3.72. The minimum atomic E-state index is -0.741. The van der Waals surface area contributed by atoms with Crippen LogP contribution < -0.4 is 0 Å². The summed E-state index contributed by atoms with van der Waals surface area (Å²) in [6.07, 6.45) is 15.8. The Kier molecular flexibility index (Phi) is 8.65. The summed E-state index contributed by atoms with van der Waals surface area (Å²) in [5.41, 5.74) is 0. The van der Waals surface area contributed by atoms with Gasteiger partial charge in [0.1, 0.15) is 6.10 Å². The van der Waals surface area contributed by atoms with Gasteiger partial charge >= 0.3 is 5.97 Å². The molecule has 25 heavy (non-hydrogen) atoms. The van der Waals surface area contributed by atoms with E-state index in [2.05, 4.69) is 25.2 Å². The summed E-state index contributed by atoms with van der Waals surface area (Å²) in [5.74, 6) is -0.0912. The largest absolute Gasteiger partial charge is 0.481 e. The first-order valence-corrected chi connectivity index (χ1v) is 9.67. The predicted molar refractivity (Wildman–Crippen MR) is 95.9 cm³/mol. The summed E-state index contributed by atoms with van der Waals surface area (Å²) in [6.45, 7) is 2.16. The molecule has 0 radical (unpaired) electrons. The number of carboxylic acid groups (broad SMARTS) is 1. The lowest BCUT2D eigenvalue weighted by atomic mass is 9.89. The van der Waals surface area contributed by atoms with Crippen LogP contribution in [0.2, 0.25) is 0 Å². The van der Waals surface area contributed by atoms with E-state index < -0.39 is 5.97 Å². The van der Waals surface area contributed by atoms with Crippen LogP contribution in [0, 0.1) is 11.8 Å². The number of fused-ring (bicyclic) bond motifs is 2. The molecule has 2 aliphatic rings. The molecule has 0 amide bonds. The third kappa shape index (κ3) is 6.57. The van der Waals surface area contributed by atoms with E-state index in [1.807, 2.05) is 6.08 Å². The maximum absolute atomic E-state index is 10.5. The van der Waals surface area contributed by atoms with Crippen LogP contribution in [-0.2, 0) is 14.6 Å². The fourth-order valence-corrected chi connectivity index (χ4v) is 3.72. The quantitative estimate of drug-likeness (QED) is 0.315. The second kappa shape index (κ2) is 10.7. The molecule has 5 atom stereocenters. The summed E-state index contributed by atoms with van der Waals surface area (Å²) >= 11 is 0. The highest BCUT2D eigenvalue weighted by molar-refractivity contribution is 5.66. The van der Waals surface area contributed by atoms with Gasteiger partial charge in [-0.1, -0.05) is 50.5 Å². The number of hydrogen-bond acceptors (Lipinski definition) is 4. The zero-order chi connectivity index (χ0) is 18.1. The van der Waals surface area contributed by atoms with E-state index >= 15 is 0 Å². The number of aliphatic hydroxyl groups is 1. The lowest BCUT2D eigenvalue weighted by molar-refractivity contribution is -0.336. The molecule has 1 saturated heterocycles. The summed E-state index contributed by atoms with van der Waals surface area (Å²) in [5, 5.41) is 18.7. The van der Waals surface area contributed by atoms with Crippen molar-refractivity contribution in [3.05, 3.63) is 24.3 Å². The third-order valence-corrected chi connectivity index (χ3v) is 5.16. The van der Waals surface area contributed by atoms with Crippen molar-refractivity contribution in [2.24, 2.45) is 11.8 Å². The SMILES string of the molecule is CCCCC[C@H](O)/C=C/[C@@H]1C(C/C=C\CCCC(=O)O)[C@@H]2C[C@H]1OO2. The van der Waals surface area contributed by atoms with E-state index in [4.69, 9.17) is 14.9 Å². The van der Waals surface area contributed by atoms with Crippen LogP contribution in [0.25, 0.3) is 0 Å². The van der Waals surface area contributed by atoms with Gasteiger partial charge in [0, 0.05) is 24.7 Å². The van der Waals surface area contributed by atoms with Crippen LogP contribution in [0.5, 0.6) is 0 Å². The van der Waals surface area contributed by atoms with Crippen molar-refractivity contribution in [2.75, 3.05) is 0 Å². The van der Waals surface area contributed by atoms with Crippen molar-refractivity contribution in [2.45, 2.75) is 83.0 Å². The first kappa shape index (κ1) is 20.1. The molecular formula is C20H32O5. The molecule has 2 rings (SSSR count). The Bertz CT molecular complexity index is 459. The molecule has 5 nitrogen and oxygen atoms in total. The van der Waals surface area contributed by atoms with E-state index in [-0.39, 0.29) is 30.7 Å². The second-order valence-electron chi connectivity index (χ2n) is 7.19. The standard InChI is InChI=1S/C20H32O5/c1-2-3-6-9-15(21)12-13-17-16(18-14-19(17)25-24-18)10-7-4-5-8-11-20(22)23/h4,7,12-13,15-19,21H,2-3,5-6,8-11,14H2,1H3,(H,22,23)/b7-4-,13-12+/t15-,16?,17+,18-,19+/m0/s1. The van der Waals surface area contributed by atoms with Crippen molar-refractivity contribution in [3.63, 3.8) is 0 Å². The molecular weight excluding hydrogens is 320 g/mol. The Morgan fingerprint density at radius 3 is 2.76 bits per heavy atom. The van der Waals surface area contributed by atoms with Crippen LogP contribution in [0.4, 0.5) is 0 Å². The first-order chi connectivity index (χ1) is 12.1. The molecule has 2 N–H and O–H groups in total. The fraction of sp³-hybridized carbons (Fsp3) is 0.750. The highest BCUT2D eigenvalue weighted by Crippen LogP contribution is 2.44. The summed E-state index contributed by atoms with van der Waals surface area (Å²) < 4.78 is 0. The summed E-state index contributed by atoms with van der Waals surface area (Å²) in [4.78, 5) is 21.3. The summed E-state index contributed by atoms with van der Waals surface area (Å²) in [6, 6.07) is 0. The van der Waals surface area contributed by atoms with Crippen molar-refractivity contribution in [3.8, 4) is 0 Å². The Morgan fingerprint density at radius 2 is 2.00 bits per heavy atom. The predicted octanol–water partition coefficient (Wildman–Crippen LogP) is 4.02. The first-order valence-electron chi connectivity index (χ1n) is 9.67. The number of hydrogen-bond donors (Lipinski definition) is 2. The van der Waals surface area contributed by atoms with Gasteiger partial charge in [0.05, 0.1) is 12.2 Å². The number of carboxylic acids is 1. The van der Waals surface area contributed by atoms with Gasteiger partial charge in [0.25, 0.3) is 0 Å². The Balaban J connectivity index is 1.78. The number of unbranched alkanes of at least 4 members (excludes halogenated alkanes) is 3. The zero-order valence-electron chi connectivity index (χ0n) is 15.2. The average molecular weight is 352 g/mol. The van der Waals surface area contributed by atoms with Crippen LogP contribution in [0.15, 0.2) is 24.3 Å². The lowest BCUT2D eigenvalue weighted by Crippen LogP contribution is -2.28. The molecule has 2 fully saturated rings. The van der Waals surface area contributed by atoms with Crippen molar-refractivity contribution in [1.82, 2.24) is 0 Å².